The molecule has 2 aromatic rings. The zero-order valence-corrected chi connectivity index (χ0v) is 13.0. The number of thiazole rings is 1. The Hall–Kier alpha value is -0.910. The molecule has 0 unspecified atom stereocenters. The molecule has 102 valence electrons. The number of nitrogens with zero attached hydrogens (tertiary/aromatic N) is 2. The van der Waals surface area contributed by atoms with Crippen LogP contribution in [0.3, 0.4) is 0 Å². The summed E-state index contributed by atoms with van der Waals surface area (Å²) in [7, 11) is 4.07. The van der Waals surface area contributed by atoms with Crippen molar-refractivity contribution in [2.24, 2.45) is 0 Å². The quantitative estimate of drug-likeness (QED) is 0.936. The van der Waals surface area contributed by atoms with E-state index in [2.05, 4.69) is 32.0 Å². The molecule has 0 radical (unpaired) electrons. The molecule has 1 N–H and O–H groups in total. The average molecular weight is 293 g/mol. The maximum absolute atomic E-state index is 4.62. The van der Waals surface area contributed by atoms with Crippen molar-refractivity contribution in [2.45, 2.75) is 31.8 Å². The molecule has 3 nitrogen and oxygen atoms in total. The largest absolute Gasteiger partial charge is 0.354 e. The summed E-state index contributed by atoms with van der Waals surface area (Å²) < 4.78 is 0. The molecule has 1 atom stereocenters. The van der Waals surface area contributed by atoms with Crippen LogP contribution in [0.4, 0.5) is 5.13 Å². The number of thiophene rings is 1. The highest BCUT2D eigenvalue weighted by Gasteiger charge is 2.20. The van der Waals surface area contributed by atoms with Gasteiger partial charge in [-0.05, 0) is 36.3 Å². The highest BCUT2D eigenvalue weighted by Crippen LogP contribution is 2.33. The van der Waals surface area contributed by atoms with Gasteiger partial charge in [0.1, 0.15) is 0 Å². The second-order valence-electron chi connectivity index (χ2n) is 5.14. The summed E-state index contributed by atoms with van der Waals surface area (Å²) in [6, 6.07) is 2.79. The molecule has 19 heavy (non-hydrogen) atoms. The standard InChI is InChI=1S/C14H19N3S2/c1-17(2)14-16-10(9-19-14)8-15-12-4-3-5-13-11(12)6-7-18-13/h6-7,9,12,15H,3-5,8H2,1-2H3/t12-/m0/s1. The number of aryl methyl sites for hydroxylation is 1. The zero-order valence-electron chi connectivity index (χ0n) is 11.3. The summed E-state index contributed by atoms with van der Waals surface area (Å²) in [5, 5.41) is 9.12. The van der Waals surface area contributed by atoms with E-state index >= 15 is 0 Å². The van der Waals surface area contributed by atoms with Crippen molar-refractivity contribution >= 4 is 27.8 Å². The lowest BCUT2D eigenvalue weighted by Gasteiger charge is -2.23. The van der Waals surface area contributed by atoms with Crippen LogP contribution in [0.15, 0.2) is 16.8 Å². The number of hydrogen-bond acceptors (Lipinski definition) is 5. The van der Waals surface area contributed by atoms with Crippen LogP contribution >= 0.6 is 22.7 Å². The van der Waals surface area contributed by atoms with Gasteiger partial charge in [-0.3, -0.25) is 0 Å². The predicted molar refractivity (Wildman–Crippen MR) is 83.3 cm³/mol. The average Bonchev–Trinajstić information content (AvgIpc) is 3.05. The second kappa shape index (κ2) is 5.61. The minimum Gasteiger partial charge on any atom is -0.354 e. The van der Waals surface area contributed by atoms with Crippen molar-refractivity contribution in [1.29, 1.82) is 0 Å². The molecule has 5 heteroatoms. The highest BCUT2D eigenvalue weighted by molar-refractivity contribution is 7.13. The molecule has 1 aliphatic rings. The molecule has 1 aliphatic carbocycles. The molecule has 3 rings (SSSR count). The van der Waals surface area contributed by atoms with E-state index in [1.54, 1.807) is 16.2 Å². The first kappa shape index (κ1) is 13.1. The fourth-order valence-corrected chi connectivity index (χ4v) is 4.25. The van der Waals surface area contributed by atoms with Crippen LogP contribution in [0.5, 0.6) is 0 Å². The third-order valence-electron chi connectivity index (χ3n) is 3.50. The minimum absolute atomic E-state index is 0.513. The zero-order chi connectivity index (χ0) is 13.2. The summed E-state index contributed by atoms with van der Waals surface area (Å²) in [6.07, 6.45) is 3.80. The van der Waals surface area contributed by atoms with Crippen molar-refractivity contribution in [3.63, 3.8) is 0 Å². The van der Waals surface area contributed by atoms with Crippen molar-refractivity contribution in [2.75, 3.05) is 19.0 Å². The smallest absolute Gasteiger partial charge is 0.185 e. The lowest BCUT2D eigenvalue weighted by Crippen LogP contribution is -2.24. The van der Waals surface area contributed by atoms with E-state index in [0.717, 1.165) is 17.4 Å². The lowest BCUT2D eigenvalue weighted by atomic mass is 9.94. The van der Waals surface area contributed by atoms with Gasteiger partial charge in [0.2, 0.25) is 0 Å². The Morgan fingerprint density at radius 1 is 1.42 bits per heavy atom. The number of nitrogens with one attached hydrogen (secondary N) is 1. The fraction of sp³-hybridized carbons (Fsp3) is 0.500. The van der Waals surface area contributed by atoms with Crippen LogP contribution in [0.1, 0.15) is 35.0 Å². The van der Waals surface area contributed by atoms with E-state index in [1.807, 2.05) is 25.4 Å². The maximum Gasteiger partial charge on any atom is 0.185 e. The van der Waals surface area contributed by atoms with E-state index < -0.39 is 0 Å². The number of rotatable bonds is 4. The number of hydrogen-bond donors (Lipinski definition) is 1. The Bertz CT molecular complexity index is 544. The van der Waals surface area contributed by atoms with E-state index in [4.69, 9.17) is 0 Å². The van der Waals surface area contributed by atoms with Crippen LogP contribution in [-0.2, 0) is 13.0 Å². The molecule has 0 saturated carbocycles. The van der Waals surface area contributed by atoms with Crippen molar-refractivity contribution in [1.82, 2.24) is 10.3 Å². The van der Waals surface area contributed by atoms with Crippen LogP contribution in [0, 0.1) is 0 Å². The molecular weight excluding hydrogens is 274 g/mol. The van der Waals surface area contributed by atoms with Crippen LogP contribution < -0.4 is 10.2 Å². The van der Waals surface area contributed by atoms with Gasteiger partial charge in [-0.1, -0.05) is 0 Å². The Morgan fingerprint density at radius 3 is 3.11 bits per heavy atom. The van der Waals surface area contributed by atoms with Crippen molar-refractivity contribution < 1.29 is 0 Å². The Labute approximate surface area is 122 Å². The second-order valence-corrected chi connectivity index (χ2v) is 6.98. The van der Waals surface area contributed by atoms with Gasteiger partial charge >= 0.3 is 0 Å². The molecule has 2 heterocycles. The lowest BCUT2D eigenvalue weighted by molar-refractivity contribution is 0.461. The molecule has 0 amide bonds. The van der Waals surface area contributed by atoms with E-state index in [9.17, 15) is 0 Å². The van der Waals surface area contributed by atoms with Gasteiger partial charge in [0.05, 0.1) is 5.69 Å². The first-order valence-corrected chi connectivity index (χ1v) is 8.41. The summed E-state index contributed by atoms with van der Waals surface area (Å²) >= 11 is 3.61. The Morgan fingerprint density at radius 2 is 2.32 bits per heavy atom. The number of fused-ring (bicyclic) bond motifs is 1. The van der Waals surface area contributed by atoms with E-state index in [1.165, 1.54) is 24.8 Å². The molecule has 0 aromatic carbocycles. The van der Waals surface area contributed by atoms with Gasteiger partial charge in [0, 0.05) is 36.9 Å². The Kier molecular flexibility index (Phi) is 3.86. The fourth-order valence-electron chi connectivity index (χ4n) is 2.51. The molecular formula is C14H19N3S2. The monoisotopic (exact) mass is 293 g/mol. The third kappa shape index (κ3) is 2.83. The first-order chi connectivity index (χ1) is 9.24. The third-order valence-corrected chi connectivity index (χ3v) is 5.56. The summed E-state index contributed by atoms with van der Waals surface area (Å²) in [4.78, 5) is 8.25. The normalized spacial score (nSPS) is 18.3. The number of anilines is 1. The van der Waals surface area contributed by atoms with Crippen molar-refractivity contribution in [3.05, 3.63) is 33.0 Å². The molecule has 2 aromatic heterocycles. The van der Waals surface area contributed by atoms with Gasteiger partial charge in [-0.25, -0.2) is 4.98 Å². The van der Waals surface area contributed by atoms with Gasteiger partial charge < -0.3 is 10.2 Å². The topological polar surface area (TPSA) is 28.2 Å². The van der Waals surface area contributed by atoms with Gasteiger partial charge in [-0.2, -0.15) is 0 Å². The molecule has 0 spiro atoms. The molecule has 0 saturated heterocycles. The van der Waals surface area contributed by atoms with Crippen LogP contribution in [-0.4, -0.2) is 19.1 Å². The predicted octanol–water partition coefficient (Wildman–Crippen LogP) is 3.44. The summed E-state index contributed by atoms with van der Waals surface area (Å²) in [5.74, 6) is 0. The molecule has 0 aliphatic heterocycles. The maximum atomic E-state index is 4.62. The van der Waals surface area contributed by atoms with Crippen molar-refractivity contribution in [3.8, 4) is 0 Å². The first-order valence-electron chi connectivity index (χ1n) is 6.65. The summed E-state index contributed by atoms with van der Waals surface area (Å²) in [5.41, 5.74) is 2.66. The van der Waals surface area contributed by atoms with Gasteiger partial charge in [-0.15, -0.1) is 22.7 Å². The Balaban J connectivity index is 1.64. The highest BCUT2D eigenvalue weighted by atomic mass is 32.1. The van der Waals surface area contributed by atoms with E-state index in [-0.39, 0.29) is 0 Å². The van der Waals surface area contributed by atoms with Gasteiger partial charge in [0.15, 0.2) is 5.13 Å². The van der Waals surface area contributed by atoms with Crippen LogP contribution in [0.2, 0.25) is 0 Å². The van der Waals surface area contributed by atoms with E-state index in [0.29, 0.717) is 6.04 Å². The number of aromatic nitrogens is 1. The minimum atomic E-state index is 0.513. The molecule has 0 bridgehead atoms. The molecule has 0 fully saturated rings. The SMILES string of the molecule is CN(C)c1nc(CN[C@H]2CCCc3sccc32)cs1. The summed E-state index contributed by atoms with van der Waals surface area (Å²) in [6.45, 7) is 0.865. The van der Waals surface area contributed by atoms with Gasteiger partial charge in [0.25, 0.3) is 0 Å². The van der Waals surface area contributed by atoms with Crippen LogP contribution in [0.25, 0.3) is 0 Å².